The summed E-state index contributed by atoms with van der Waals surface area (Å²) in [7, 11) is -3.37. The molecule has 0 aliphatic carbocycles. The van der Waals surface area contributed by atoms with E-state index in [0.29, 0.717) is 0 Å². The number of allylic oxidation sites excluding steroid dienone is 4. The van der Waals surface area contributed by atoms with Gasteiger partial charge in [0.05, 0.1) is 0 Å². The number of rotatable bonds is 10. The first-order chi connectivity index (χ1) is 15.7. The second-order valence-corrected chi connectivity index (χ2v) is 36.7. The van der Waals surface area contributed by atoms with E-state index in [1.165, 1.54) is 38.3 Å². The average Bonchev–Trinajstić information content (AvgIpc) is 3.11. The van der Waals surface area contributed by atoms with E-state index in [0.717, 1.165) is 25.0 Å². The van der Waals surface area contributed by atoms with Gasteiger partial charge in [-0.2, -0.15) is 0 Å². The van der Waals surface area contributed by atoms with Crippen molar-refractivity contribution in [2.24, 2.45) is 11.8 Å². The molecule has 190 valence electrons. The van der Waals surface area contributed by atoms with Crippen molar-refractivity contribution in [2.75, 3.05) is 0 Å². The third-order valence-corrected chi connectivity index (χ3v) is 42.3. The molecule has 0 saturated carbocycles. The van der Waals surface area contributed by atoms with Gasteiger partial charge in [0.15, 0.2) is 0 Å². The van der Waals surface area contributed by atoms with E-state index >= 15 is 0 Å². The van der Waals surface area contributed by atoms with Gasteiger partial charge in [-0.3, -0.25) is 0 Å². The van der Waals surface area contributed by atoms with E-state index in [1.807, 2.05) is 25.0 Å². The Labute approximate surface area is 220 Å². The fourth-order valence-corrected chi connectivity index (χ4v) is 52.7. The van der Waals surface area contributed by atoms with Gasteiger partial charge < -0.3 is 0 Å². The summed E-state index contributed by atoms with van der Waals surface area (Å²) in [6, 6.07) is 0. The molecule has 0 aromatic heterocycles. The molecule has 0 aromatic carbocycles. The van der Waals surface area contributed by atoms with E-state index in [4.69, 9.17) is 0 Å². The summed E-state index contributed by atoms with van der Waals surface area (Å²) in [4.78, 5) is 5.58. The topological polar surface area (TPSA) is 0 Å². The molecule has 34 heavy (non-hydrogen) atoms. The first kappa shape index (κ1) is 30.3. The Morgan fingerprint density at radius 1 is 0.941 bits per heavy atom. The molecule has 2 heterocycles. The van der Waals surface area contributed by atoms with Crippen LogP contribution in [0.15, 0.2) is 28.2 Å². The van der Waals surface area contributed by atoms with Crippen LogP contribution in [0.1, 0.15) is 80.6 Å². The van der Waals surface area contributed by atoms with Gasteiger partial charge in [-0.15, -0.1) is 0 Å². The number of hydrogen-bond acceptors (Lipinski definition) is 0. The molecule has 2 aliphatic rings. The minimum atomic E-state index is -2.67. The quantitative estimate of drug-likeness (QED) is 0.173. The van der Waals surface area contributed by atoms with E-state index in [1.54, 1.807) is 0 Å². The van der Waals surface area contributed by atoms with Crippen LogP contribution in [0.4, 0.5) is 0 Å². The van der Waals surface area contributed by atoms with Crippen molar-refractivity contribution in [3.8, 4) is 11.5 Å². The molecule has 4 heteroatoms. The van der Waals surface area contributed by atoms with Crippen molar-refractivity contribution in [2.45, 2.75) is 129 Å². The Morgan fingerprint density at radius 2 is 1.50 bits per heavy atom. The molecule has 0 nitrogen and oxygen atoms in total. The Balaban J connectivity index is 2.75. The normalized spacial score (nSPS) is 19.4. The molecule has 0 bridgehead atoms. The molecule has 0 unspecified atom stereocenters. The van der Waals surface area contributed by atoms with Crippen molar-refractivity contribution in [1.82, 2.24) is 0 Å². The summed E-state index contributed by atoms with van der Waals surface area (Å²) >= 11 is -2.67. The van der Waals surface area contributed by atoms with Gasteiger partial charge in [0.25, 0.3) is 0 Å². The van der Waals surface area contributed by atoms with Gasteiger partial charge >= 0.3 is 222 Å². The van der Waals surface area contributed by atoms with Crippen molar-refractivity contribution in [1.29, 1.82) is 0 Å². The fraction of sp³-hybridized carbons (Fsp3) is 0.733. The van der Waals surface area contributed by atoms with Crippen LogP contribution in [-0.2, 0) is 0 Å². The van der Waals surface area contributed by atoms with Gasteiger partial charge in [0, 0.05) is 0 Å². The average molecular weight is 601 g/mol. The molecule has 0 spiro atoms. The summed E-state index contributed by atoms with van der Waals surface area (Å²) in [5.41, 5.74) is 9.51. The van der Waals surface area contributed by atoms with Gasteiger partial charge in [-0.05, 0) is 0 Å². The van der Waals surface area contributed by atoms with Crippen LogP contribution in [0.25, 0.3) is 0 Å². The van der Waals surface area contributed by atoms with E-state index in [9.17, 15) is 0 Å². The monoisotopic (exact) mass is 602 g/mol. The van der Waals surface area contributed by atoms with Crippen molar-refractivity contribution in [3.63, 3.8) is 0 Å². The first-order valence-corrected chi connectivity index (χ1v) is 29.0. The Bertz CT molecular complexity index is 915. The first-order valence-electron chi connectivity index (χ1n) is 14.4. The summed E-state index contributed by atoms with van der Waals surface area (Å²) in [5.74, 6) is 5.23. The summed E-state index contributed by atoms with van der Waals surface area (Å²) in [6.45, 7) is 28.2. The molecule has 0 atom stereocenters. The second kappa shape index (κ2) is 11.6. The molecular weight excluding hydrogens is 546 g/mol. The SMILES string of the molecule is CCB(CC)C1=C(CCC(C)C)[Si](C)(C)[C]2=C1C(CC)=[C]([Si](C)(C)C#CCCC(C)C)[Sn]2([CH3])[CH3]. The number of hydrogen-bond donors (Lipinski definition) is 0. The molecule has 0 radical (unpaired) electrons. The molecule has 0 saturated heterocycles. The zero-order chi connectivity index (χ0) is 26.1. The Morgan fingerprint density at radius 3 is 1.97 bits per heavy atom. The van der Waals surface area contributed by atoms with E-state index < -0.39 is 34.5 Å². The van der Waals surface area contributed by atoms with Crippen molar-refractivity contribution in [3.05, 3.63) is 28.2 Å². The summed E-state index contributed by atoms with van der Waals surface area (Å²) in [6.07, 6.45) is 8.80. The third kappa shape index (κ3) is 5.80. The Kier molecular flexibility index (Phi) is 10.4. The molecule has 0 fully saturated rings. The maximum atomic E-state index is 3.97. The molecule has 2 rings (SSSR count). The molecule has 0 N–H and O–H groups in total. The van der Waals surface area contributed by atoms with E-state index in [-0.39, 0.29) is 0 Å². The summed E-state index contributed by atoms with van der Waals surface area (Å²) in [5, 5.41) is 1.96. The zero-order valence-electron chi connectivity index (χ0n) is 25.2. The predicted octanol–water partition coefficient (Wildman–Crippen LogP) is 9.62. The van der Waals surface area contributed by atoms with Gasteiger partial charge in [-0.25, -0.2) is 0 Å². The van der Waals surface area contributed by atoms with Gasteiger partial charge in [-0.1, -0.05) is 0 Å². The predicted molar refractivity (Wildman–Crippen MR) is 166 cm³/mol. The fourth-order valence-electron chi connectivity index (χ4n) is 7.37. The second-order valence-electron chi connectivity index (χ2n) is 13.4. The van der Waals surface area contributed by atoms with Crippen molar-refractivity contribution >= 4 is 41.2 Å². The molecule has 2 aliphatic heterocycles. The van der Waals surface area contributed by atoms with Crippen LogP contribution in [-0.4, -0.2) is 41.2 Å². The summed E-state index contributed by atoms with van der Waals surface area (Å²) < 4.78 is 4.07. The molecule has 0 amide bonds. The van der Waals surface area contributed by atoms with Crippen LogP contribution < -0.4 is 0 Å². The van der Waals surface area contributed by atoms with Crippen LogP contribution in [0.2, 0.25) is 48.7 Å². The van der Waals surface area contributed by atoms with E-state index in [2.05, 4.69) is 99.2 Å². The zero-order valence-corrected chi connectivity index (χ0v) is 30.0. The van der Waals surface area contributed by atoms with Crippen LogP contribution >= 0.6 is 0 Å². The van der Waals surface area contributed by atoms with Crippen LogP contribution in [0, 0.1) is 23.3 Å². The van der Waals surface area contributed by atoms with Gasteiger partial charge in [0.2, 0.25) is 0 Å². The van der Waals surface area contributed by atoms with Gasteiger partial charge in [0.1, 0.15) is 0 Å². The molecule has 0 aromatic rings. The maximum absolute atomic E-state index is 3.97. The third-order valence-electron chi connectivity index (χ3n) is 8.67. The standard InChI is InChI=1S/C28H49BSi2.2CH3.Sn/c1-12-25(21-30(8,9)20-16-15-17-23(4)5)26-22-31(10,11)27(19-18-24(6)7)28(26)29(13-2)14-3;;;/h23-24H,12-15,17-19H2,1-11H3;2*1H3;. The molecular formula is C30H55BSi2Sn. The van der Waals surface area contributed by atoms with Crippen LogP contribution in [0.3, 0.4) is 0 Å². The Hall–Kier alpha value is 0.0774. The van der Waals surface area contributed by atoms with Crippen molar-refractivity contribution < 1.29 is 0 Å². The minimum absolute atomic E-state index is 0.742. The van der Waals surface area contributed by atoms with Crippen LogP contribution in [0.5, 0.6) is 0 Å².